The van der Waals surface area contributed by atoms with Crippen molar-refractivity contribution in [1.82, 2.24) is 24.5 Å². The minimum absolute atomic E-state index is 0.153. The topological polar surface area (TPSA) is 92.7 Å². The second kappa shape index (κ2) is 5.11. The molecule has 2 heterocycles. The largest absolute Gasteiger partial charge is 0.337 e. The van der Waals surface area contributed by atoms with Gasteiger partial charge in [0.1, 0.15) is 4.90 Å². The molecule has 8 heteroatoms. The molecule has 0 saturated heterocycles. The number of H-pyrrole nitrogens is 1. The Morgan fingerprint density at radius 2 is 2.35 bits per heavy atom. The average Bonchev–Trinajstić information content (AvgIpc) is 2.97. The number of hydrogen-bond donors (Lipinski definition) is 2. The first-order chi connectivity index (χ1) is 8.18. The molecule has 2 rings (SSSR count). The van der Waals surface area contributed by atoms with Gasteiger partial charge < -0.3 is 4.57 Å². The van der Waals surface area contributed by atoms with Crippen LogP contribution in [0.5, 0.6) is 0 Å². The first-order valence-corrected chi connectivity index (χ1v) is 6.61. The summed E-state index contributed by atoms with van der Waals surface area (Å²) >= 11 is 0. The van der Waals surface area contributed by atoms with Crippen LogP contribution in [0.2, 0.25) is 0 Å². The van der Waals surface area contributed by atoms with E-state index >= 15 is 0 Å². The van der Waals surface area contributed by atoms with Crippen LogP contribution in [-0.2, 0) is 16.6 Å². The molecule has 0 aliphatic carbocycles. The number of aromatic nitrogens is 4. The molecule has 0 atom stereocenters. The third-order valence-corrected chi connectivity index (χ3v) is 3.66. The predicted molar refractivity (Wildman–Crippen MR) is 60.6 cm³/mol. The lowest BCUT2D eigenvalue weighted by atomic mass is 10.4. The molecule has 0 fully saturated rings. The minimum Gasteiger partial charge on any atom is -0.337 e. The summed E-state index contributed by atoms with van der Waals surface area (Å²) in [6.45, 7) is 1.11. The van der Waals surface area contributed by atoms with Crippen molar-refractivity contribution in [2.24, 2.45) is 0 Å². The van der Waals surface area contributed by atoms with Gasteiger partial charge in [0.15, 0.2) is 0 Å². The standard InChI is InChI=1S/C9H13N5O2S/c15-17(16,9-6-11-12-7-9)13-2-1-4-14-5-3-10-8-14/h3,5-8,13H,1-2,4H2,(H,11,12). The van der Waals surface area contributed by atoms with Crippen LogP contribution < -0.4 is 4.72 Å². The minimum atomic E-state index is -3.43. The maximum atomic E-state index is 11.7. The summed E-state index contributed by atoms with van der Waals surface area (Å²) in [6.07, 6.45) is 8.55. The van der Waals surface area contributed by atoms with Gasteiger partial charge in [-0.25, -0.2) is 18.1 Å². The number of aryl methyl sites for hydroxylation is 1. The monoisotopic (exact) mass is 255 g/mol. The van der Waals surface area contributed by atoms with Crippen LogP contribution in [0.3, 0.4) is 0 Å². The number of rotatable bonds is 6. The number of imidazole rings is 1. The van der Waals surface area contributed by atoms with Gasteiger partial charge >= 0.3 is 0 Å². The molecule has 2 aromatic rings. The lowest BCUT2D eigenvalue weighted by Gasteiger charge is -2.04. The molecule has 7 nitrogen and oxygen atoms in total. The highest BCUT2D eigenvalue weighted by Crippen LogP contribution is 2.03. The van der Waals surface area contributed by atoms with E-state index in [-0.39, 0.29) is 4.90 Å². The molecular weight excluding hydrogens is 242 g/mol. The highest BCUT2D eigenvalue weighted by molar-refractivity contribution is 7.89. The van der Waals surface area contributed by atoms with E-state index in [2.05, 4.69) is 19.9 Å². The fourth-order valence-electron chi connectivity index (χ4n) is 1.36. The molecule has 0 unspecified atom stereocenters. The summed E-state index contributed by atoms with van der Waals surface area (Å²) in [5.41, 5.74) is 0. The molecule has 2 N–H and O–H groups in total. The third-order valence-electron chi connectivity index (χ3n) is 2.23. The van der Waals surface area contributed by atoms with Crippen molar-refractivity contribution in [2.45, 2.75) is 17.9 Å². The zero-order valence-corrected chi connectivity index (χ0v) is 9.89. The zero-order valence-electron chi connectivity index (χ0n) is 9.07. The van der Waals surface area contributed by atoms with Crippen LogP contribution in [0.25, 0.3) is 0 Å². The predicted octanol–water partition coefficient (Wildman–Crippen LogP) is -0.0252. The Morgan fingerprint density at radius 1 is 1.47 bits per heavy atom. The van der Waals surface area contributed by atoms with Crippen molar-refractivity contribution in [3.05, 3.63) is 31.1 Å². The SMILES string of the molecule is O=S(=O)(NCCCn1ccnc1)c1cn[nH]c1. The molecule has 0 aliphatic heterocycles. The second-order valence-electron chi connectivity index (χ2n) is 3.49. The van der Waals surface area contributed by atoms with E-state index in [4.69, 9.17) is 0 Å². The molecule has 0 bridgehead atoms. The maximum absolute atomic E-state index is 11.7. The van der Waals surface area contributed by atoms with E-state index in [1.54, 1.807) is 12.5 Å². The van der Waals surface area contributed by atoms with Crippen molar-refractivity contribution in [3.63, 3.8) is 0 Å². The summed E-state index contributed by atoms with van der Waals surface area (Å²) in [5.74, 6) is 0. The van der Waals surface area contributed by atoms with Crippen LogP contribution in [0, 0.1) is 0 Å². The normalized spacial score (nSPS) is 11.8. The van der Waals surface area contributed by atoms with E-state index in [0.29, 0.717) is 13.0 Å². The van der Waals surface area contributed by atoms with Crippen LogP contribution in [-0.4, -0.2) is 34.7 Å². The second-order valence-corrected chi connectivity index (χ2v) is 5.25. The fourth-order valence-corrected chi connectivity index (χ4v) is 2.34. The van der Waals surface area contributed by atoms with Crippen molar-refractivity contribution < 1.29 is 8.42 Å². The van der Waals surface area contributed by atoms with E-state index < -0.39 is 10.0 Å². The molecule has 0 aromatic carbocycles. The molecule has 92 valence electrons. The Hall–Kier alpha value is -1.67. The van der Waals surface area contributed by atoms with Crippen molar-refractivity contribution >= 4 is 10.0 Å². The molecule has 0 aliphatic rings. The van der Waals surface area contributed by atoms with E-state index in [9.17, 15) is 8.42 Å². The highest BCUT2D eigenvalue weighted by Gasteiger charge is 2.13. The molecule has 0 saturated carbocycles. The van der Waals surface area contributed by atoms with Gasteiger partial charge in [0.2, 0.25) is 10.0 Å². The molecule has 0 radical (unpaired) electrons. The third kappa shape index (κ3) is 3.14. The lowest BCUT2D eigenvalue weighted by Crippen LogP contribution is -2.25. The lowest BCUT2D eigenvalue weighted by molar-refractivity contribution is 0.570. The summed E-state index contributed by atoms with van der Waals surface area (Å²) < 4.78 is 27.7. The number of nitrogens with one attached hydrogen (secondary N) is 2. The van der Waals surface area contributed by atoms with Crippen molar-refractivity contribution in [1.29, 1.82) is 0 Å². The van der Waals surface area contributed by atoms with Gasteiger partial charge in [0, 0.05) is 31.7 Å². The quantitative estimate of drug-likeness (QED) is 0.709. The van der Waals surface area contributed by atoms with Crippen LogP contribution >= 0.6 is 0 Å². The van der Waals surface area contributed by atoms with Gasteiger partial charge in [-0.3, -0.25) is 5.10 Å². The van der Waals surface area contributed by atoms with Crippen molar-refractivity contribution in [3.8, 4) is 0 Å². The summed E-state index contributed by atoms with van der Waals surface area (Å²) in [6, 6.07) is 0. The van der Waals surface area contributed by atoms with Gasteiger partial charge in [0.25, 0.3) is 0 Å². The summed E-state index contributed by atoms with van der Waals surface area (Å²) in [5, 5.41) is 6.07. The molecule has 2 aromatic heterocycles. The number of nitrogens with zero attached hydrogens (tertiary/aromatic N) is 3. The van der Waals surface area contributed by atoms with Gasteiger partial charge in [-0.1, -0.05) is 0 Å². The van der Waals surface area contributed by atoms with Gasteiger partial charge in [-0.05, 0) is 6.42 Å². The van der Waals surface area contributed by atoms with Gasteiger partial charge in [-0.15, -0.1) is 0 Å². The van der Waals surface area contributed by atoms with Crippen LogP contribution in [0.15, 0.2) is 36.0 Å². The van der Waals surface area contributed by atoms with E-state index in [1.165, 1.54) is 12.4 Å². The number of sulfonamides is 1. The van der Waals surface area contributed by atoms with Gasteiger partial charge in [-0.2, -0.15) is 5.10 Å². The average molecular weight is 255 g/mol. The molecule has 0 spiro atoms. The Bertz CT molecular complexity index is 532. The molecule has 0 amide bonds. The van der Waals surface area contributed by atoms with Crippen LogP contribution in [0.1, 0.15) is 6.42 Å². The summed E-state index contributed by atoms with van der Waals surface area (Å²) in [4.78, 5) is 4.06. The van der Waals surface area contributed by atoms with Gasteiger partial charge in [0.05, 0.1) is 12.5 Å². The number of aromatic amines is 1. The fraction of sp³-hybridized carbons (Fsp3) is 0.333. The Morgan fingerprint density at radius 3 is 3.00 bits per heavy atom. The highest BCUT2D eigenvalue weighted by atomic mass is 32.2. The Balaban J connectivity index is 1.79. The van der Waals surface area contributed by atoms with E-state index in [1.807, 2.05) is 10.8 Å². The smallest absolute Gasteiger partial charge is 0.243 e. The van der Waals surface area contributed by atoms with E-state index in [0.717, 1.165) is 6.54 Å². The zero-order chi connectivity index (χ0) is 12.1. The molecular formula is C9H13N5O2S. The first-order valence-electron chi connectivity index (χ1n) is 5.13. The first kappa shape index (κ1) is 11.8. The maximum Gasteiger partial charge on any atom is 0.243 e. The Kier molecular flexibility index (Phi) is 3.55. The van der Waals surface area contributed by atoms with Crippen LogP contribution in [0.4, 0.5) is 0 Å². The summed E-state index contributed by atoms with van der Waals surface area (Å²) in [7, 11) is -3.43. The Labute approximate surface area is 98.9 Å². The molecule has 17 heavy (non-hydrogen) atoms. The van der Waals surface area contributed by atoms with Crippen molar-refractivity contribution in [2.75, 3.05) is 6.54 Å². The number of hydrogen-bond acceptors (Lipinski definition) is 4.